The molecule has 0 radical (unpaired) electrons. The maximum atomic E-state index is 13.3. The maximum absolute atomic E-state index is 13.3. The molecular formula is C14H14BrFN2O2S. The van der Waals surface area contributed by atoms with Crippen LogP contribution in [0.25, 0.3) is 0 Å². The van der Waals surface area contributed by atoms with Crippen molar-refractivity contribution in [3.05, 3.63) is 51.7 Å². The minimum absolute atomic E-state index is 0.0426. The van der Waals surface area contributed by atoms with Crippen molar-refractivity contribution in [3.8, 4) is 0 Å². The first-order chi connectivity index (χ1) is 9.69. The van der Waals surface area contributed by atoms with Crippen molar-refractivity contribution in [2.24, 2.45) is 0 Å². The molecule has 0 saturated heterocycles. The minimum atomic E-state index is -3.83. The first-order valence-corrected chi connectivity index (χ1v) is 8.32. The number of anilines is 2. The van der Waals surface area contributed by atoms with Crippen molar-refractivity contribution in [3.63, 3.8) is 0 Å². The molecule has 0 unspecified atom stereocenters. The summed E-state index contributed by atoms with van der Waals surface area (Å²) in [4.78, 5) is -0.0426. The smallest absolute Gasteiger partial charge is 0.262 e. The summed E-state index contributed by atoms with van der Waals surface area (Å²) >= 11 is 3.31. The molecule has 0 bridgehead atoms. The molecule has 0 aromatic heterocycles. The molecule has 2 rings (SSSR count). The van der Waals surface area contributed by atoms with E-state index in [1.807, 2.05) is 13.0 Å². The third-order valence-corrected chi connectivity index (χ3v) is 4.86. The Morgan fingerprint density at radius 2 is 1.81 bits per heavy atom. The Labute approximate surface area is 131 Å². The van der Waals surface area contributed by atoms with Crippen molar-refractivity contribution in [1.82, 2.24) is 0 Å². The van der Waals surface area contributed by atoms with E-state index in [1.54, 1.807) is 12.1 Å². The van der Waals surface area contributed by atoms with Gasteiger partial charge < -0.3 is 5.73 Å². The molecule has 0 atom stereocenters. The van der Waals surface area contributed by atoms with Crippen LogP contribution in [0.3, 0.4) is 0 Å². The van der Waals surface area contributed by atoms with Crippen molar-refractivity contribution in [2.75, 3.05) is 10.5 Å². The van der Waals surface area contributed by atoms with Crippen molar-refractivity contribution < 1.29 is 12.8 Å². The third-order valence-electron chi connectivity index (χ3n) is 2.88. The lowest BCUT2D eigenvalue weighted by Gasteiger charge is -2.12. The number of nitrogens with one attached hydrogen (secondary N) is 1. The molecule has 0 saturated carbocycles. The zero-order valence-electron chi connectivity index (χ0n) is 11.4. The van der Waals surface area contributed by atoms with Gasteiger partial charge in [-0.3, -0.25) is 4.72 Å². The van der Waals surface area contributed by atoms with Crippen molar-refractivity contribution in [2.45, 2.75) is 18.7 Å². The summed E-state index contributed by atoms with van der Waals surface area (Å²) in [6.45, 7) is 3.37. The maximum Gasteiger partial charge on any atom is 0.262 e. The number of aryl methyl sites for hydroxylation is 2. The Bertz CT molecular complexity index is 787. The van der Waals surface area contributed by atoms with Crippen LogP contribution in [-0.2, 0) is 10.0 Å². The van der Waals surface area contributed by atoms with E-state index in [2.05, 4.69) is 20.7 Å². The van der Waals surface area contributed by atoms with E-state index in [0.717, 1.165) is 22.2 Å². The van der Waals surface area contributed by atoms with Crippen LogP contribution < -0.4 is 10.5 Å². The van der Waals surface area contributed by atoms with Crippen LogP contribution in [0, 0.1) is 19.7 Å². The van der Waals surface area contributed by atoms with E-state index < -0.39 is 15.8 Å². The van der Waals surface area contributed by atoms with Gasteiger partial charge >= 0.3 is 0 Å². The Morgan fingerprint density at radius 3 is 2.43 bits per heavy atom. The largest absolute Gasteiger partial charge is 0.396 e. The zero-order valence-corrected chi connectivity index (χ0v) is 13.8. The fourth-order valence-corrected chi connectivity index (χ4v) is 3.87. The normalized spacial score (nSPS) is 11.4. The summed E-state index contributed by atoms with van der Waals surface area (Å²) in [5, 5.41) is 0. The van der Waals surface area contributed by atoms with Gasteiger partial charge in [0.1, 0.15) is 5.82 Å². The van der Waals surface area contributed by atoms with Gasteiger partial charge in [0.25, 0.3) is 10.0 Å². The molecule has 2 aromatic rings. The minimum Gasteiger partial charge on any atom is -0.396 e. The molecule has 7 heteroatoms. The number of sulfonamides is 1. The highest BCUT2D eigenvalue weighted by atomic mass is 79.9. The van der Waals surface area contributed by atoms with Crippen LogP contribution in [0.2, 0.25) is 0 Å². The SMILES string of the molecule is Cc1cc(Br)cc(NS(=O)(=O)c2cc(N)c(F)cc2C)c1. The van der Waals surface area contributed by atoms with Gasteiger partial charge in [0, 0.05) is 4.47 Å². The lowest BCUT2D eigenvalue weighted by Crippen LogP contribution is -2.15. The van der Waals surface area contributed by atoms with Gasteiger partial charge in [-0.1, -0.05) is 15.9 Å². The molecule has 2 aromatic carbocycles. The first kappa shape index (κ1) is 15.8. The van der Waals surface area contributed by atoms with Crippen molar-refractivity contribution >= 4 is 37.3 Å². The Balaban J connectivity index is 2.45. The van der Waals surface area contributed by atoms with Crippen LogP contribution in [0.15, 0.2) is 39.7 Å². The Morgan fingerprint density at radius 1 is 1.14 bits per heavy atom. The molecular weight excluding hydrogens is 359 g/mol. The lowest BCUT2D eigenvalue weighted by atomic mass is 10.2. The quantitative estimate of drug-likeness (QED) is 0.808. The van der Waals surface area contributed by atoms with Gasteiger partial charge in [-0.05, 0) is 55.3 Å². The van der Waals surface area contributed by atoms with Crippen LogP contribution in [0.4, 0.5) is 15.8 Å². The van der Waals surface area contributed by atoms with Gasteiger partial charge in [0.15, 0.2) is 0 Å². The fraction of sp³-hybridized carbons (Fsp3) is 0.143. The summed E-state index contributed by atoms with van der Waals surface area (Å²) in [6, 6.07) is 7.43. The van der Waals surface area contributed by atoms with Gasteiger partial charge in [-0.15, -0.1) is 0 Å². The summed E-state index contributed by atoms with van der Waals surface area (Å²) in [6.07, 6.45) is 0. The summed E-state index contributed by atoms with van der Waals surface area (Å²) in [5.74, 6) is -0.634. The molecule has 0 aliphatic heterocycles. The standard InChI is InChI=1S/C14H14BrFN2O2S/c1-8-3-10(15)6-11(4-8)18-21(19,20)14-7-13(17)12(16)5-9(14)2/h3-7,18H,17H2,1-2H3. The number of benzene rings is 2. The predicted molar refractivity (Wildman–Crippen MR) is 85.2 cm³/mol. The Kier molecular flexibility index (Phi) is 4.25. The molecule has 0 aliphatic rings. The molecule has 0 spiro atoms. The molecule has 4 nitrogen and oxygen atoms in total. The van der Waals surface area contributed by atoms with E-state index in [0.29, 0.717) is 11.3 Å². The van der Waals surface area contributed by atoms with E-state index in [9.17, 15) is 12.8 Å². The fourth-order valence-electron chi connectivity index (χ4n) is 1.96. The number of hydrogen-bond acceptors (Lipinski definition) is 3. The van der Waals surface area contributed by atoms with E-state index in [-0.39, 0.29) is 10.6 Å². The highest BCUT2D eigenvalue weighted by molar-refractivity contribution is 9.10. The van der Waals surface area contributed by atoms with E-state index in [1.165, 1.54) is 6.92 Å². The van der Waals surface area contributed by atoms with Crippen LogP contribution in [0.1, 0.15) is 11.1 Å². The van der Waals surface area contributed by atoms with Gasteiger partial charge in [0.2, 0.25) is 0 Å². The molecule has 0 fully saturated rings. The highest BCUT2D eigenvalue weighted by Crippen LogP contribution is 2.25. The molecule has 112 valence electrons. The second-order valence-electron chi connectivity index (χ2n) is 4.76. The van der Waals surface area contributed by atoms with Crippen LogP contribution in [0.5, 0.6) is 0 Å². The van der Waals surface area contributed by atoms with E-state index >= 15 is 0 Å². The number of hydrogen-bond donors (Lipinski definition) is 2. The van der Waals surface area contributed by atoms with Gasteiger partial charge in [-0.2, -0.15) is 0 Å². The van der Waals surface area contributed by atoms with Gasteiger partial charge in [0.05, 0.1) is 16.3 Å². The van der Waals surface area contributed by atoms with Gasteiger partial charge in [-0.25, -0.2) is 12.8 Å². The highest BCUT2D eigenvalue weighted by Gasteiger charge is 2.19. The monoisotopic (exact) mass is 372 g/mol. The first-order valence-electron chi connectivity index (χ1n) is 6.04. The predicted octanol–water partition coefficient (Wildman–Crippen LogP) is 3.59. The number of halogens is 2. The second kappa shape index (κ2) is 5.65. The Hall–Kier alpha value is -1.60. The molecule has 3 N–H and O–H groups in total. The topological polar surface area (TPSA) is 72.2 Å². The number of nitrogen functional groups attached to an aromatic ring is 1. The van der Waals surface area contributed by atoms with Crippen LogP contribution in [-0.4, -0.2) is 8.42 Å². The average molecular weight is 373 g/mol. The molecule has 0 heterocycles. The molecule has 0 aliphatic carbocycles. The van der Waals surface area contributed by atoms with E-state index in [4.69, 9.17) is 5.73 Å². The molecule has 0 amide bonds. The second-order valence-corrected chi connectivity index (χ2v) is 7.33. The number of rotatable bonds is 3. The zero-order chi connectivity index (χ0) is 15.8. The lowest BCUT2D eigenvalue weighted by molar-refractivity contribution is 0.599. The summed E-state index contributed by atoms with van der Waals surface area (Å²) < 4.78 is 41.4. The van der Waals surface area contributed by atoms with Crippen molar-refractivity contribution in [1.29, 1.82) is 0 Å². The summed E-state index contributed by atoms with van der Waals surface area (Å²) in [5.41, 5.74) is 6.86. The number of nitrogens with two attached hydrogens (primary N) is 1. The molecule has 21 heavy (non-hydrogen) atoms. The average Bonchev–Trinajstić information content (AvgIpc) is 2.31. The third kappa shape index (κ3) is 3.54. The van der Waals surface area contributed by atoms with Crippen LogP contribution >= 0.6 is 15.9 Å². The summed E-state index contributed by atoms with van der Waals surface area (Å²) in [7, 11) is -3.83.